The number of morpholine rings is 1. The number of anilines is 2. The molecule has 0 atom stereocenters. The van der Waals surface area contributed by atoms with E-state index < -0.39 is 0 Å². The maximum atomic E-state index is 12.8. The van der Waals surface area contributed by atoms with Crippen molar-refractivity contribution in [2.75, 3.05) is 69.3 Å². The summed E-state index contributed by atoms with van der Waals surface area (Å²) in [6, 6.07) is 6.27. The molecule has 0 aliphatic carbocycles. The molecular weight excluding hydrogens is 468 g/mol. The van der Waals surface area contributed by atoms with E-state index in [1.165, 1.54) is 16.5 Å². The fraction of sp³-hybridized carbons (Fsp3) is 0.560. The van der Waals surface area contributed by atoms with Crippen LogP contribution in [-0.4, -0.2) is 91.0 Å². The number of piperidine rings is 1. The lowest BCUT2D eigenvalue weighted by molar-refractivity contribution is -0.116. The number of benzene rings is 1. The van der Waals surface area contributed by atoms with Crippen LogP contribution in [-0.2, 0) is 16.1 Å². The smallest absolute Gasteiger partial charge is 0.344 e. The van der Waals surface area contributed by atoms with Crippen molar-refractivity contribution in [1.82, 2.24) is 19.6 Å². The number of hydrogen-bond donors (Lipinski definition) is 0. The van der Waals surface area contributed by atoms with Crippen LogP contribution in [0.15, 0.2) is 30.6 Å². The summed E-state index contributed by atoms with van der Waals surface area (Å²) in [5.74, 6) is -0.0963. The van der Waals surface area contributed by atoms with Crippen molar-refractivity contribution >= 4 is 34.9 Å². The standard InChI is InChI=1S/C25H33ClN6O3/c1-19(33)28(2)22-14-27-32(16-22)24(34)31-17-25(18-31)5-7-29(8-6-25)15-20-3-4-21(13-23(20)26)30-9-11-35-12-10-30/h3-4,13-14,16H,5-12,15,17-18H2,1-2H3. The van der Waals surface area contributed by atoms with Crippen LogP contribution in [0.4, 0.5) is 16.2 Å². The molecule has 3 aliphatic rings. The fourth-order valence-electron chi connectivity index (χ4n) is 5.24. The number of carbonyl (C=O) groups excluding carboxylic acids is 2. The average Bonchev–Trinajstić information content (AvgIpc) is 3.34. The zero-order valence-corrected chi connectivity index (χ0v) is 21.2. The second kappa shape index (κ2) is 9.79. The maximum Gasteiger partial charge on any atom is 0.344 e. The lowest BCUT2D eigenvalue weighted by atomic mass is 9.72. The SMILES string of the molecule is CC(=O)N(C)c1cnn(C(=O)N2CC3(CCN(Cc4ccc(N5CCOCC5)cc4Cl)CC3)C2)c1. The highest BCUT2D eigenvalue weighted by Crippen LogP contribution is 2.41. The number of halogens is 1. The minimum Gasteiger partial charge on any atom is -0.378 e. The third-order valence-electron chi connectivity index (χ3n) is 7.67. The van der Waals surface area contributed by atoms with Crippen molar-refractivity contribution in [3.05, 3.63) is 41.2 Å². The van der Waals surface area contributed by atoms with E-state index in [0.29, 0.717) is 5.69 Å². The monoisotopic (exact) mass is 500 g/mol. The van der Waals surface area contributed by atoms with Gasteiger partial charge in [0, 0.05) is 62.8 Å². The molecule has 35 heavy (non-hydrogen) atoms. The summed E-state index contributed by atoms with van der Waals surface area (Å²) in [5, 5.41) is 4.98. The van der Waals surface area contributed by atoms with Gasteiger partial charge in [0.05, 0.1) is 31.3 Å². The number of carbonyl (C=O) groups is 2. The van der Waals surface area contributed by atoms with Gasteiger partial charge in [0.15, 0.2) is 0 Å². The Morgan fingerprint density at radius 3 is 2.51 bits per heavy atom. The van der Waals surface area contributed by atoms with Crippen molar-refractivity contribution in [3.63, 3.8) is 0 Å². The van der Waals surface area contributed by atoms with E-state index in [4.69, 9.17) is 16.3 Å². The van der Waals surface area contributed by atoms with E-state index in [1.807, 2.05) is 4.90 Å². The van der Waals surface area contributed by atoms with Gasteiger partial charge in [-0.2, -0.15) is 9.78 Å². The van der Waals surface area contributed by atoms with Gasteiger partial charge in [-0.3, -0.25) is 9.69 Å². The van der Waals surface area contributed by atoms with Gasteiger partial charge in [0.25, 0.3) is 0 Å². The summed E-state index contributed by atoms with van der Waals surface area (Å²) in [5.41, 5.74) is 3.14. The normalized spacial score (nSPS) is 20.1. The predicted molar refractivity (Wildman–Crippen MR) is 135 cm³/mol. The van der Waals surface area contributed by atoms with Crippen molar-refractivity contribution in [2.45, 2.75) is 26.3 Å². The molecule has 0 unspecified atom stereocenters. The number of likely N-dealkylation sites (tertiary alicyclic amines) is 2. The molecule has 2 aromatic rings. The maximum absolute atomic E-state index is 12.8. The van der Waals surface area contributed by atoms with E-state index in [2.05, 4.69) is 33.1 Å². The van der Waals surface area contributed by atoms with Crippen molar-refractivity contribution in [1.29, 1.82) is 0 Å². The molecule has 1 aromatic heterocycles. The number of nitrogens with zero attached hydrogens (tertiary/aromatic N) is 6. The summed E-state index contributed by atoms with van der Waals surface area (Å²) in [4.78, 5) is 32.5. The van der Waals surface area contributed by atoms with E-state index >= 15 is 0 Å². The first-order valence-electron chi connectivity index (χ1n) is 12.3. The van der Waals surface area contributed by atoms with Crippen LogP contribution < -0.4 is 9.80 Å². The molecule has 3 fully saturated rings. The second-order valence-electron chi connectivity index (χ2n) is 10.0. The van der Waals surface area contributed by atoms with Gasteiger partial charge in [-0.05, 0) is 43.6 Å². The Balaban J connectivity index is 1.11. The van der Waals surface area contributed by atoms with Gasteiger partial charge in [-0.1, -0.05) is 17.7 Å². The molecule has 4 heterocycles. The molecule has 3 aliphatic heterocycles. The highest BCUT2D eigenvalue weighted by molar-refractivity contribution is 6.31. The van der Waals surface area contributed by atoms with Gasteiger partial charge in [0.2, 0.25) is 5.91 Å². The van der Waals surface area contributed by atoms with Gasteiger partial charge in [0.1, 0.15) is 0 Å². The number of rotatable bonds is 4. The first-order chi connectivity index (χ1) is 16.8. The quantitative estimate of drug-likeness (QED) is 0.642. The molecule has 5 rings (SSSR count). The van der Waals surface area contributed by atoms with Crippen LogP contribution >= 0.6 is 11.6 Å². The van der Waals surface area contributed by atoms with E-state index in [1.54, 1.807) is 19.4 Å². The predicted octanol–water partition coefficient (Wildman–Crippen LogP) is 2.92. The first kappa shape index (κ1) is 24.1. The molecule has 10 heteroatoms. The zero-order chi connectivity index (χ0) is 24.6. The van der Waals surface area contributed by atoms with Gasteiger partial charge >= 0.3 is 6.03 Å². The lowest BCUT2D eigenvalue weighted by Gasteiger charge is -2.53. The van der Waals surface area contributed by atoms with Crippen LogP contribution in [0, 0.1) is 5.41 Å². The lowest BCUT2D eigenvalue weighted by Crippen LogP contribution is -2.62. The van der Waals surface area contributed by atoms with Crippen molar-refractivity contribution in [2.24, 2.45) is 5.41 Å². The van der Waals surface area contributed by atoms with Crippen LogP contribution in [0.1, 0.15) is 25.3 Å². The van der Waals surface area contributed by atoms with Crippen LogP contribution in [0.3, 0.4) is 0 Å². The summed E-state index contributed by atoms with van der Waals surface area (Å²) < 4.78 is 6.78. The molecule has 3 saturated heterocycles. The van der Waals surface area contributed by atoms with Crippen molar-refractivity contribution in [3.8, 4) is 0 Å². The molecule has 1 aromatic carbocycles. The molecule has 188 valence electrons. The first-order valence-corrected chi connectivity index (χ1v) is 12.6. The zero-order valence-electron chi connectivity index (χ0n) is 20.5. The Bertz CT molecular complexity index is 1080. The molecule has 0 radical (unpaired) electrons. The molecule has 2 amide bonds. The largest absolute Gasteiger partial charge is 0.378 e. The Hall–Kier alpha value is -2.62. The van der Waals surface area contributed by atoms with Crippen LogP contribution in [0.5, 0.6) is 0 Å². The van der Waals surface area contributed by atoms with E-state index in [9.17, 15) is 9.59 Å². The second-order valence-corrected chi connectivity index (χ2v) is 10.4. The average molecular weight is 501 g/mol. The minimum atomic E-state index is -0.131. The van der Waals surface area contributed by atoms with E-state index in [-0.39, 0.29) is 17.4 Å². The number of ether oxygens (including phenoxy) is 1. The topological polar surface area (TPSA) is 74.2 Å². The van der Waals surface area contributed by atoms with Gasteiger partial charge < -0.3 is 19.4 Å². The summed E-state index contributed by atoms with van der Waals surface area (Å²) >= 11 is 6.65. The third-order valence-corrected chi connectivity index (χ3v) is 8.02. The number of aromatic nitrogens is 2. The van der Waals surface area contributed by atoms with Gasteiger partial charge in [-0.15, -0.1) is 0 Å². The highest BCUT2D eigenvalue weighted by Gasteiger charge is 2.47. The molecule has 0 N–H and O–H groups in total. The Labute approximate surface area is 211 Å². The molecular formula is C25H33ClN6O3. The van der Waals surface area contributed by atoms with Gasteiger partial charge in [-0.25, -0.2) is 4.79 Å². The minimum absolute atomic E-state index is 0.0963. The third kappa shape index (κ3) is 5.03. The number of amides is 2. The highest BCUT2D eigenvalue weighted by atomic mass is 35.5. The number of hydrogen-bond acceptors (Lipinski definition) is 6. The molecule has 0 saturated carbocycles. The Morgan fingerprint density at radius 1 is 1.14 bits per heavy atom. The van der Waals surface area contributed by atoms with Crippen LogP contribution in [0.2, 0.25) is 5.02 Å². The van der Waals surface area contributed by atoms with Crippen molar-refractivity contribution < 1.29 is 14.3 Å². The van der Waals surface area contributed by atoms with E-state index in [0.717, 1.165) is 88.1 Å². The van der Waals surface area contributed by atoms with Crippen LogP contribution in [0.25, 0.3) is 0 Å². The Kier molecular flexibility index (Phi) is 6.74. The molecule has 1 spiro atoms. The summed E-state index contributed by atoms with van der Waals surface area (Å²) in [7, 11) is 1.67. The molecule has 9 nitrogen and oxygen atoms in total. The Morgan fingerprint density at radius 2 is 1.86 bits per heavy atom. The fourth-order valence-corrected chi connectivity index (χ4v) is 5.48. The summed E-state index contributed by atoms with van der Waals surface area (Å²) in [6.07, 6.45) is 5.30. The summed E-state index contributed by atoms with van der Waals surface area (Å²) in [6.45, 7) is 9.17. The molecule has 0 bridgehead atoms.